The smallest absolute Gasteiger partial charge is 0.157 e. The average molecular weight is 307 g/mol. The van der Waals surface area contributed by atoms with E-state index in [0.29, 0.717) is 19.0 Å². The zero-order chi connectivity index (χ0) is 14.9. The number of thioether (sulfide) groups is 1. The molecule has 0 bridgehead atoms. The Hall–Kier alpha value is -1.53. The second-order valence-corrected chi connectivity index (χ2v) is 5.44. The third-order valence-electron chi connectivity index (χ3n) is 2.68. The lowest BCUT2D eigenvalue weighted by atomic mass is 10.4. The lowest BCUT2D eigenvalue weighted by Gasteiger charge is -2.09. The van der Waals surface area contributed by atoms with Crippen LogP contribution < -0.4 is 5.32 Å². The maximum atomic E-state index is 5.40. The average Bonchev–Trinajstić information content (AvgIpc) is 3.02. The minimum atomic E-state index is 0.437. The predicted molar refractivity (Wildman–Crippen MR) is 84.4 cm³/mol. The van der Waals surface area contributed by atoms with Gasteiger partial charge in [-0.3, -0.25) is 0 Å². The molecule has 0 radical (unpaired) electrons. The summed E-state index contributed by atoms with van der Waals surface area (Å²) < 4.78 is 10.7. The van der Waals surface area contributed by atoms with E-state index in [1.54, 1.807) is 18.0 Å². The molecule has 0 unspecified atom stereocenters. The lowest BCUT2D eigenvalue weighted by molar-refractivity contribution is 0.128. The van der Waals surface area contributed by atoms with Gasteiger partial charge in [-0.2, -0.15) is 0 Å². The second kappa shape index (κ2) is 8.69. The molecule has 0 amide bonds. The van der Waals surface area contributed by atoms with Gasteiger partial charge in [0.1, 0.15) is 23.2 Å². The highest BCUT2D eigenvalue weighted by molar-refractivity contribution is 7.98. The first-order valence-electron chi connectivity index (χ1n) is 7.16. The van der Waals surface area contributed by atoms with E-state index in [1.165, 1.54) is 0 Å². The van der Waals surface area contributed by atoms with Gasteiger partial charge in [0.25, 0.3) is 0 Å². The summed E-state index contributed by atoms with van der Waals surface area (Å²) in [6.07, 6.45) is 2.74. The van der Waals surface area contributed by atoms with Crippen molar-refractivity contribution >= 4 is 17.6 Å². The van der Waals surface area contributed by atoms with Crippen LogP contribution in [-0.4, -0.2) is 23.1 Å². The summed E-state index contributed by atoms with van der Waals surface area (Å²) in [4.78, 5) is 8.99. The van der Waals surface area contributed by atoms with Gasteiger partial charge in [-0.05, 0) is 25.5 Å². The van der Waals surface area contributed by atoms with Gasteiger partial charge in [0.05, 0.1) is 12.0 Å². The number of nitrogens with one attached hydrogen (secondary N) is 1. The van der Waals surface area contributed by atoms with Crippen LogP contribution in [0.2, 0.25) is 0 Å². The number of furan rings is 1. The van der Waals surface area contributed by atoms with Gasteiger partial charge < -0.3 is 14.5 Å². The number of ether oxygens (including phenoxy) is 1. The van der Waals surface area contributed by atoms with E-state index in [-0.39, 0.29) is 0 Å². The molecule has 5 nitrogen and oxygen atoms in total. The third kappa shape index (κ3) is 5.40. The Kier molecular flexibility index (Phi) is 6.56. The van der Waals surface area contributed by atoms with Crippen LogP contribution in [0.25, 0.3) is 0 Å². The normalized spacial score (nSPS) is 10.8. The van der Waals surface area contributed by atoms with Crippen molar-refractivity contribution in [2.24, 2.45) is 0 Å². The molecule has 6 heteroatoms. The SMILES string of the molecule is CCCNc1cc(SCc2ccco2)nc(COCC)n1. The molecule has 0 aliphatic rings. The predicted octanol–water partition coefficient (Wildman–Crippen LogP) is 3.72. The molecule has 2 aromatic rings. The van der Waals surface area contributed by atoms with Crippen LogP contribution in [0.4, 0.5) is 5.82 Å². The summed E-state index contributed by atoms with van der Waals surface area (Å²) in [5, 5.41) is 4.23. The summed E-state index contributed by atoms with van der Waals surface area (Å²) in [5.41, 5.74) is 0. The Morgan fingerprint density at radius 2 is 2.24 bits per heavy atom. The van der Waals surface area contributed by atoms with Crippen LogP contribution in [-0.2, 0) is 17.1 Å². The molecule has 0 fully saturated rings. The summed E-state index contributed by atoms with van der Waals surface area (Å²) >= 11 is 1.63. The molecule has 0 aromatic carbocycles. The fraction of sp³-hybridized carbons (Fsp3) is 0.467. The molecule has 0 atom stereocenters. The van der Waals surface area contributed by atoms with Gasteiger partial charge in [0.2, 0.25) is 0 Å². The molecule has 2 heterocycles. The molecule has 21 heavy (non-hydrogen) atoms. The Morgan fingerprint density at radius 3 is 2.95 bits per heavy atom. The molecule has 0 saturated heterocycles. The van der Waals surface area contributed by atoms with Crippen LogP contribution in [0.15, 0.2) is 33.9 Å². The highest BCUT2D eigenvalue weighted by Crippen LogP contribution is 2.23. The van der Waals surface area contributed by atoms with Gasteiger partial charge in [0.15, 0.2) is 5.82 Å². The maximum Gasteiger partial charge on any atom is 0.157 e. The fourth-order valence-electron chi connectivity index (χ4n) is 1.69. The van der Waals surface area contributed by atoms with Crippen molar-refractivity contribution in [3.8, 4) is 0 Å². The van der Waals surface area contributed by atoms with Crippen molar-refractivity contribution in [2.75, 3.05) is 18.5 Å². The number of anilines is 1. The molecule has 0 saturated carbocycles. The van der Waals surface area contributed by atoms with Crippen LogP contribution in [0.1, 0.15) is 31.9 Å². The van der Waals surface area contributed by atoms with Gasteiger partial charge in [0, 0.05) is 19.2 Å². The molecular weight excluding hydrogens is 286 g/mol. The topological polar surface area (TPSA) is 60.2 Å². The Labute approximate surface area is 129 Å². The number of rotatable bonds is 9. The quantitative estimate of drug-likeness (QED) is 0.563. The maximum absolute atomic E-state index is 5.40. The minimum Gasteiger partial charge on any atom is -0.468 e. The number of hydrogen-bond donors (Lipinski definition) is 1. The molecule has 0 spiro atoms. The van der Waals surface area contributed by atoms with E-state index < -0.39 is 0 Å². The molecule has 0 aliphatic heterocycles. The van der Waals surface area contributed by atoms with E-state index in [9.17, 15) is 0 Å². The molecule has 0 aliphatic carbocycles. The molecular formula is C15H21N3O2S. The zero-order valence-corrected chi connectivity index (χ0v) is 13.3. The highest BCUT2D eigenvalue weighted by atomic mass is 32.2. The van der Waals surface area contributed by atoms with Gasteiger partial charge in [-0.1, -0.05) is 18.7 Å². The van der Waals surface area contributed by atoms with Crippen molar-refractivity contribution < 1.29 is 9.15 Å². The number of nitrogens with zero attached hydrogens (tertiary/aromatic N) is 2. The Balaban J connectivity index is 2.05. The van der Waals surface area contributed by atoms with Crippen molar-refractivity contribution in [3.05, 3.63) is 36.0 Å². The van der Waals surface area contributed by atoms with E-state index in [2.05, 4.69) is 22.2 Å². The molecule has 114 valence electrons. The van der Waals surface area contributed by atoms with Crippen molar-refractivity contribution in [1.29, 1.82) is 0 Å². The minimum absolute atomic E-state index is 0.437. The summed E-state index contributed by atoms with van der Waals surface area (Å²) in [6.45, 7) is 6.08. The Morgan fingerprint density at radius 1 is 1.33 bits per heavy atom. The van der Waals surface area contributed by atoms with Gasteiger partial charge in [-0.15, -0.1) is 0 Å². The summed E-state index contributed by atoms with van der Waals surface area (Å²) in [7, 11) is 0. The first-order chi connectivity index (χ1) is 10.3. The van der Waals surface area contributed by atoms with Crippen LogP contribution in [0, 0.1) is 0 Å². The summed E-state index contributed by atoms with van der Waals surface area (Å²) in [5.74, 6) is 3.25. The first kappa shape index (κ1) is 15.9. The first-order valence-corrected chi connectivity index (χ1v) is 8.15. The van der Waals surface area contributed by atoms with Gasteiger partial charge >= 0.3 is 0 Å². The molecule has 1 N–H and O–H groups in total. The van der Waals surface area contributed by atoms with E-state index in [4.69, 9.17) is 9.15 Å². The van der Waals surface area contributed by atoms with Crippen molar-refractivity contribution in [2.45, 2.75) is 37.7 Å². The monoisotopic (exact) mass is 307 g/mol. The second-order valence-electron chi connectivity index (χ2n) is 4.44. The molecule has 2 rings (SSSR count). The van der Waals surface area contributed by atoms with E-state index in [1.807, 2.05) is 25.1 Å². The number of aromatic nitrogens is 2. The fourth-order valence-corrected chi connectivity index (χ4v) is 2.51. The van der Waals surface area contributed by atoms with Crippen molar-refractivity contribution in [3.63, 3.8) is 0 Å². The van der Waals surface area contributed by atoms with Gasteiger partial charge in [-0.25, -0.2) is 9.97 Å². The number of hydrogen-bond acceptors (Lipinski definition) is 6. The van der Waals surface area contributed by atoms with Crippen molar-refractivity contribution in [1.82, 2.24) is 9.97 Å². The van der Waals surface area contributed by atoms with Crippen LogP contribution in [0.5, 0.6) is 0 Å². The molecule has 2 aromatic heterocycles. The Bertz CT molecular complexity index is 505. The largest absolute Gasteiger partial charge is 0.468 e. The van der Waals surface area contributed by atoms with Crippen LogP contribution >= 0.6 is 11.8 Å². The third-order valence-corrected chi connectivity index (χ3v) is 3.62. The lowest BCUT2D eigenvalue weighted by Crippen LogP contribution is -2.07. The zero-order valence-electron chi connectivity index (χ0n) is 12.5. The standard InChI is InChI=1S/C15H21N3O2S/c1-3-7-16-13-9-15(18-14(17-13)10-19-4-2)21-11-12-6-5-8-20-12/h5-6,8-9H,3-4,7,10-11H2,1-2H3,(H,16,17,18). The summed E-state index contributed by atoms with van der Waals surface area (Å²) in [6, 6.07) is 5.83. The van der Waals surface area contributed by atoms with E-state index >= 15 is 0 Å². The van der Waals surface area contributed by atoms with Crippen LogP contribution in [0.3, 0.4) is 0 Å². The highest BCUT2D eigenvalue weighted by Gasteiger charge is 2.07. The van der Waals surface area contributed by atoms with E-state index in [0.717, 1.165) is 35.3 Å².